The lowest BCUT2D eigenvalue weighted by atomic mass is 9.84. The molecule has 63 heavy (non-hydrogen) atoms. The molecular formula is C39H78O24. The molecule has 3 saturated heterocycles. The highest BCUT2D eigenvalue weighted by molar-refractivity contribution is 4.92. The van der Waals surface area contributed by atoms with Crippen LogP contribution in [0.15, 0.2) is 0 Å². The van der Waals surface area contributed by atoms with Crippen LogP contribution in [0.1, 0.15) is 33.6 Å². The normalized spacial score (nSPS) is 36.4. The molecule has 3 rings (SSSR count). The second kappa shape index (κ2) is 30.4. The molecule has 19 N–H and O–H groups in total. The lowest BCUT2D eigenvalue weighted by Gasteiger charge is -2.40. The number of rotatable bonds is 18. The van der Waals surface area contributed by atoms with Gasteiger partial charge in [0.25, 0.3) is 0 Å². The van der Waals surface area contributed by atoms with Gasteiger partial charge in [-0.2, -0.15) is 0 Å². The van der Waals surface area contributed by atoms with E-state index in [0.29, 0.717) is 0 Å². The summed E-state index contributed by atoms with van der Waals surface area (Å²) in [5.74, 6) is -7.05. The molecule has 3 heterocycles. The summed E-state index contributed by atoms with van der Waals surface area (Å²) in [4.78, 5) is 0. The Hall–Kier alpha value is -0.960. The van der Waals surface area contributed by atoms with Crippen molar-refractivity contribution in [1.29, 1.82) is 0 Å². The van der Waals surface area contributed by atoms with Crippen LogP contribution in [0.4, 0.5) is 0 Å². The van der Waals surface area contributed by atoms with Crippen molar-refractivity contribution in [2.24, 2.45) is 35.5 Å². The maximum atomic E-state index is 10.7. The minimum atomic E-state index is -2.74. The van der Waals surface area contributed by atoms with Crippen molar-refractivity contribution in [3.63, 3.8) is 0 Å². The van der Waals surface area contributed by atoms with Gasteiger partial charge in [-0.15, -0.1) is 0 Å². The fraction of sp³-hybridized carbons (Fsp3) is 1.00. The van der Waals surface area contributed by atoms with Gasteiger partial charge in [-0.1, -0.05) is 0 Å². The second-order valence-electron chi connectivity index (χ2n) is 16.8. The highest BCUT2D eigenvalue weighted by Gasteiger charge is 2.48. The van der Waals surface area contributed by atoms with E-state index in [4.69, 9.17) is 64.5 Å². The molecule has 3 aliphatic heterocycles. The van der Waals surface area contributed by atoms with Crippen molar-refractivity contribution in [3.05, 3.63) is 0 Å². The van der Waals surface area contributed by atoms with Gasteiger partial charge in [0.1, 0.15) is 36.6 Å². The summed E-state index contributed by atoms with van der Waals surface area (Å²) in [6.07, 6.45) is -17.7. The van der Waals surface area contributed by atoms with Gasteiger partial charge < -0.3 is 121 Å². The fourth-order valence-corrected chi connectivity index (χ4v) is 6.88. The van der Waals surface area contributed by atoms with E-state index < -0.39 is 140 Å². The van der Waals surface area contributed by atoms with Crippen LogP contribution in [0.3, 0.4) is 0 Å². The molecule has 378 valence electrons. The molecule has 24 heteroatoms. The minimum absolute atomic E-state index is 0.000540. The molecular weight excluding hydrogens is 852 g/mol. The third-order valence-corrected chi connectivity index (χ3v) is 11.6. The number of ether oxygens (including phenoxy) is 5. The molecule has 0 saturated carbocycles. The number of hydrogen-bond donors (Lipinski definition) is 19. The van der Waals surface area contributed by atoms with Crippen LogP contribution in [-0.2, 0) is 23.7 Å². The van der Waals surface area contributed by atoms with Crippen LogP contribution >= 0.6 is 0 Å². The van der Waals surface area contributed by atoms with Crippen molar-refractivity contribution in [1.82, 2.24) is 0 Å². The quantitative estimate of drug-likeness (QED) is 0.0448. The smallest absolute Gasteiger partial charge is 0.199 e. The number of hydrogen-bond acceptors (Lipinski definition) is 24. The lowest BCUT2D eigenvalue weighted by molar-refractivity contribution is -0.301. The van der Waals surface area contributed by atoms with Crippen molar-refractivity contribution in [2.75, 3.05) is 85.9 Å². The van der Waals surface area contributed by atoms with Crippen LogP contribution < -0.4 is 0 Å². The Morgan fingerprint density at radius 3 is 1.27 bits per heavy atom. The van der Waals surface area contributed by atoms with Gasteiger partial charge in [-0.25, -0.2) is 0 Å². The minimum Gasteiger partial charge on any atom is -0.396 e. The van der Waals surface area contributed by atoms with Crippen molar-refractivity contribution in [3.8, 4) is 0 Å². The highest BCUT2D eigenvalue weighted by Crippen LogP contribution is 2.29. The summed E-state index contributed by atoms with van der Waals surface area (Å²) < 4.78 is 27.9. The highest BCUT2D eigenvalue weighted by atomic mass is 16.5. The molecule has 20 atom stereocenters. The van der Waals surface area contributed by atoms with E-state index in [1.807, 2.05) is 0 Å². The van der Waals surface area contributed by atoms with Crippen LogP contribution in [0, 0.1) is 35.5 Å². The summed E-state index contributed by atoms with van der Waals surface area (Å²) >= 11 is 0. The first-order chi connectivity index (χ1) is 29.5. The maximum Gasteiger partial charge on any atom is 0.199 e. The number of aliphatic hydroxyl groups is 19. The van der Waals surface area contributed by atoms with Gasteiger partial charge in [0, 0.05) is 42.8 Å². The van der Waals surface area contributed by atoms with Crippen LogP contribution in [0.5, 0.6) is 0 Å². The molecule has 0 aromatic heterocycles. The van der Waals surface area contributed by atoms with Crippen LogP contribution in [0.25, 0.3) is 0 Å². The molecule has 24 nitrogen and oxygen atoms in total. The van der Waals surface area contributed by atoms with Crippen LogP contribution in [-0.4, -0.2) is 274 Å². The van der Waals surface area contributed by atoms with E-state index in [9.17, 15) is 56.2 Å². The van der Waals surface area contributed by atoms with Gasteiger partial charge in [-0.05, 0) is 33.6 Å². The Kier molecular flexibility index (Phi) is 29.0. The molecule has 0 bridgehead atoms. The number of aliphatic hydroxyl groups excluding tert-OH is 17. The summed E-state index contributed by atoms with van der Waals surface area (Å²) in [5, 5.41) is 182. The average molecular weight is 931 g/mol. The first kappa shape index (κ1) is 60.1. The first-order valence-corrected chi connectivity index (χ1v) is 21.2. The topological polar surface area (TPSA) is 431 Å². The Balaban J connectivity index is 0.000000863. The molecule has 0 radical (unpaired) electrons. The predicted octanol–water partition coefficient (Wildman–Crippen LogP) is -8.67. The van der Waals surface area contributed by atoms with Crippen LogP contribution in [0.2, 0.25) is 0 Å². The SMILES string of the molecule is CC(O)C(O)C(O)C(C)O.CC(O)C(O)C(O)CO.OCC1COCC(COCC2COCC(CCOCCC3COCC(CO)C(O)(O)C(O)C3O)C(O)C(O)C2O)C(O)C1O. The lowest BCUT2D eigenvalue weighted by Crippen LogP contribution is -2.59. The van der Waals surface area contributed by atoms with Gasteiger partial charge in [0.2, 0.25) is 0 Å². The zero-order chi connectivity index (χ0) is 48.2. The molecule has 3 aliphatic rings. The van der Waals surface area contributed by atoms with Gasteiger partial charge in [-0.3, -0.25) is 0 Å². The van der Waals surface area contributed by atoms with Crippen molar-refractivity contribution >= 4 is 0 Å². The van der Waals surface area contributed by atoms with Crippen molar-refractivity contribution in [2.45, 2.75) is 125 Å². The molecule has 3 fully saturated rings. The molecule has 0 spiro atoms. The molecule has 0 aliphatic carbocycles. The maximum absolute atomic E-state index is 10.7. The van der Waals surface area contributed by atoms with E-state index in [0.717, 1.165) is 0 Å². The second-order valence-corrected chi connectivity index (χ2v) is 16.8. The van der Waals surface area contributed by atoms with Gasteiger partial charge in [0.15, 0.2) is 5.79 Å². The van der Waals surface area contributed by atoms with E-state index >= 15 is 0 Å². The Morgan fingerprint density at radius 1 is 0.476 bits per heavy atom. The van der Waals surface area contributed by atoms with Gasteiger partial charge >= 0.3 is 0 Å². The summed E-state index contributed by atoms with van der Waals surface area (Å²) in [6, 6.07) is 0. The Bertz CT molecular complexity index is 1140. The molecule has 0 aromatic rings. The third-order valence-electron chi connectivity index (χ3n) is 11.6. The summed E-state index contributed by atoms with van der Waals surface area (Å²) in [7, 11) is 0. The summed E-state index contributed by atoms with van der Waals surface area (Å²) in [6.45, 7) is 2.76. The Labute approximate surface area is 366 Å². The van der Waals surface area contributed by atoms with E-state index in [1.54, 1.807) is 0 Å². The zero-order valence-electron chi connectivity index (χ0n) is 36.2. The summed E-state index contributed by atoms with van der Waals surface area (Å²) in [5.41, 5.74) is 0. The zero-order valence-corrected chi connectivity index (χ0v) is 36.2. The monoisotopic (exact) mass is 930 g/mol. The van der Waals surface area contributed by atoms with Crippen molar-refractivity contribution < 1.29 is 121 Å². The van der Waals surface area contributed by atoms with E-state index in [1.165, 1.54) is 20.8 Å². The Morgan fingerprint density at radius 2 is 0.857 bits per heavy atom. The molecule has 20 unspecified atom stereocenters. The molecule has 0 amide bonds. The molecule has 0 aromatic carbocycles. The standard InChI is InChI=1S/C28H52O16.C6H14O4.C5H12O4/c29-5-17-9-42-10-18(23(33)22(17)32)11-43-13-19-12-41-7-15(21(31)26(36)24(19)34)1-3-40-4-2-16-8-44-14-20(6-30)28(38,39)27(37)25(16)35;1-3(7)5(9)6(10)4(2)8;1-3(7)5(9)4(8)2-6/h15-27,29-39H,1-14H2;3-10H,1-2H3;3-9H,2H2,1H3. The first-order valence-electron chi connectivity index (χ1n) is 21.2. The fourth-order valence-electron chi connectivity index (χ4n) is 6.88. The third kappa shape index (κ3) is 19.3. The van der Waals surface area contributed by atoms with Gasteiger partial charge in [0.05, 0.1) is 127 Å². The average Bonchev–Trinajstić information content (AvgIpc) is 3.38. The van der Waals surface area contributed by atoms with E-state index in [-0.39, 0.29) is 85.5 Å². The predicted molar refractivity (Wildman–Crippen MR) is 214 cm³/mol. The van der Waals surface area contributed by atoms with E-state index in [2.05, 4.69) is 0 Å². The largest absolute Gasteiger partial charge is 0.396 e.